The van der Waals surface area contributed by atoms with Crippen LogP contribution in [0.15, 0.2) is 53.7 Å². The zero-order valence-corrected chi connectivity index (χ0v) is 17.7. The molecule has 3 aromatic rings. The first-order chi connectivity index (χ1) is 14.4. The van der Waals surface area contributed by atoms with Crippen LogP contribution in [0.2, 0.25) is 0 Å². The molecule has 0 aliphatic heterocycles. The largest absolute Gasteiger partial charge is 0.489 e. The van der Waals surface area contributed by atoms with Crippen molar-refractivity contribution < 1.29 is 9.13 Å². The normalized spacial score (nSPS) is 12.5. The standard InChI is InChI=1S/C22H27FN6O/c1-15-10-16(2)29(28-15)21-9-8-18(13-25-21)14-27-22(24-4)26-12-17(3)30-20-7-5-6-19(23)11-20/h5-11,13,17H,12,14H2,1-4H3,(H2,24,26,27). The van der Waals surface area contributed by atoms with E-state index in [1.807, 2.05) is 49.8 Å². The zero-order valence-electron chi connectivity index (χ0n) is 17.7. The molecule has 7 nitrogen and oxygen atoms in total. The number of guanidine groups is 1. The minimum atomic E-state index is -0.317. The summed E-state index contributed by atoms with van der Waals surface area (Å²) in [4.78, 5) is 8.72. The van der Waals surface area contributed by atoms with Crippen molar-refractivity contribution in [2.75, 3.05) is 13.6 Å². The van der Waals surface area contributed by atoms with E-state index in [-0.39, 0.29) is 11.9 Å². The monoisotopic (exact) mass is 410 g/mol. The van der Waals surface area contributed by atoms with Gasteiger partial charge in [0.2, 0.25) is 0 Å². The second-order valence-electron chi connectivity index (χ2n) is 7.06. The van der Waals surface area contributed by atoms with Crippen molar-refractivity contribution in [2.24, 2.45) is 4.99 Å². The predicted octanol–water partition coefficient (Wildman–Crippen LogP) is 3.16. The molecular formula is C22H27FN6O. The summed E-state index contributed by atoms with van der Waals surface area (Å²) in [6, 6.07) is 12.1. The van der Waals surface area contributed by atoms with Gasteiger partial charge in [-0.3, -0.25) is 4.99 Å². The summed E-state index contributed by atoms with van der Waals surface area (Å²) >= 11 is 0. The molecule has 0 bridgehead atoms. The second-order valence-corrected chi connectivity index (χ2v) is 7.06. The van der Waals surface area contributed by atoms with Crippen molar-refractivity contribution in [3.8, 4) is 11.6 Å². The van der Waals surface area contributed by atoms with Crippen LogP contribution in [0.5, 0.6) is 5.75 Å². The van der Waals surface area contributed by atoms with Gasteiger partial charge in [0, 0.05) is 31.5 Å². The number of nitrogens with one attached hydrogen (secondary N) is 2. The van der Waals surface area contributed by atoms with Crippen molar-refractivity contribution in [2.45, 2.75) is 33.4 Å². The maximum absolute atomic E-state index is 13.3. The van der Waals surface area contributed by atoms with E-state index in [1.54, 1.807) is 19.2 Å². The van der Waals surface area contributed by atoms with Gasteiger partial charge in [0.05, 0.1) is 12.2 Å². The molecule has 2 aromatic heterocycles. The zero-order chi connectivity index (χ0) is 21.5. The highest BCUT2D eigenvalue weighted by molar-refractivity contribution is 5.79. The van der Waals surface area contributed by atoms with Crippen LogP contribution in [0.1, 0.15) is 23.9 Å². The highest BCUT2D eigenvalue weighted by atomic mass is 19.1. The lowest BCUT2D eigenvalue weighted by Gasteiger charge is -2.18. The number of aromatic nitrogens is 3. The van der Waals surface area contributed by atoms with E-state index in [2.05, 4.69) is 25.7 Å². The summed E-state index contributed by atoms with van der Waals surface area (Å²) in [5.41, 5.74) is 3.03. The maximum atomic E-state index is 13.3. The minimum absolute atomic E-state index is 0.160. The molecule has 2 N–H and O–H groups in total. The van der Waals surface area contributed by atoms with Gasteiger partial charge in [0.15, 0.2) is 11.8 Å². The molecule has 2 heterocycles. The number of aryl methyl sites for hydroxylation is 2. The summed E-state index contributed by atoms with van der Waals surface area (Å²) in [6.07, 6.45) is 1.66. The molecule has 1 aromatic carbocycles. The number of nitrogens with zero attached hydrogens (tertiary/aromatic N) is 4. The lowest BCUT2D eigenvalue weighted by atomic mass is 10.3. The van der Waals surface area contributed by atoms with Gasteiger partial charge < -0.3 is 15.4 Å². The van der Waals surface area contributed by atoms with E-state index >= 15 is 0 Å². The SMILES string of the molecule is CN=C(NCc1ccc(-n2nc(C)cc2C)nc1)NCC(C)Oc1cccc(F)c1. The average Bonchev–Trinajstić information content (AvgIpc) is 3.06. The van der Waals surface area contributed by atoms with Gasteiger partial charge >= 0.3 is 0 Å². The third-order valence-electron chi connectivity index (χ3n) is 4.41. The molecule has 0 amide bonds. The smallest absolute Gasteiger partial charge is 0.191 e. The Kier molecular flexibility index (Phi) is 7.00. The Labute approximate surface area is 176 Å². The molecule has 3 rings (SSSR count). The molecule has 0 saturated carbocycles. The number of pyridine rings is 1. The van der Waals surface area contributed by atoms with E-state index in [0.29, 0.717) is 24.8 Å². The van der Waals surface area contributed by atoms with Crippen LogP contribution in [-0.4, -0.2) is 40.4 Å². The van der Waals surface area contributed by atoms with E-state index in [4.69, 9.17) is 4.74 Å². The van der Waals surface area contributed by atoms with Gasteiger partial charge in [0.1, 0.15) is 17.7 Å². The fourth-order valence-electron chi connectivity index (χ4n) is 2.97. The molecule has 0 spiro atoms. The number of hydrogen-bond donors (Lipinski definition) is 2. The maximum Gasteiger partial charge on any atom is 0.191 e. The molecule has 1 atom stereocenters. The molecule has 158 valence electrons. The highest BCUT2D eigenvalue weighted by Crippen LogP contribution is 2.13. The fourth-order valence-corrected chi connectivity index (χ4v) is 2.97. The Balaban J connectivity index is 1.48. The quantitative estimate of drug-likeness (QED) is 0.462. The van der Waals surface area contributed by atoms with Crippen LogP contribution in [0, 0.1) is 19.7 Å². The van der Waals surface area contributed by atoms with E-state index in [9.17, 15) is 4.39 Å². The van der Waals surface area contributed by atoms with E-state index < -0.39 is 0 Å². The lowest BCUT2D eigenvalue weighted by Crippen LogP contribution is -2.41. The molecule has 0 aliphatic rings. The van der Waals surface area contributed by atoms with Crippen LogP contribution < -0.4 is 15.4 Å². The number of ether oxygens (including phenoxy) is 1. The van der Waals surface area contributed by atoms with Gasteiger partial charge in [-0.15, -0.1) is 0 Å². The lowest BCUT2D eigenvalue weighted by molar-refractivity contribution is 0.223. The van der Waals surface area contributed by atoms with Crippen LogP contribution in [0.25, 0.3) is 5.82 Å². The van der Waals surface area contributed by atoms with Crippen molar-refractivity contribution in [1.29, 1.82) is 0 Å². The van der Waals surface area contributed by atoms with E-state index in [0.717, 1.165) is 22.8 Å². The van der Waals surface area contributed by atoms with Crippen LogP contribution in [-0.2, 0) is 6.54 Å². The molecule has 0 aliphatic carbocycles. The number of benzene rings is 1. The van der Waals surface area contributed by atoms with Gasteiger partial charge in [-0.2, -0.15) is 5.10 Å². The third-order valence-corrected chi connectivity index (χ3v) is 4.41. The summed E-state index contributed by atoms with van der Waals surface area (Å²) in [5.74, 6) is 1.62. The molecule has 30 heavy (non-hydrogen) atoms. The predicted molar refractivity (Wildman–Crippen MR) is 116 cm³/mol. The fraction of sp³-hybridized carbons (Fsp3) is 0.318. The Morgan fingerprint density at radius 3 is 2.67 bits per heavy atom. The molecule has 0 saturated heterocycles. The number of halogens is 1. The number of aliphatic imine (C=N–C) groups is 1. The summed E-state index contributed by atoms with van der Waals surface area (Å²) in [6.45, 7) is 6.97. The molecular weight excluding hydrogens is 383 g/mol. The summed E-state index contributed by atoms with van der Waals surface area (Å²) in [5, 5.41) is 10.9. The van der Waals surface area contributed by atoms with Crippen LogP contribution >= 0.6 is 0 Å². The van der Waals surface area contributed by atoms with Crippen LogP contribution in [0.4, 0.5) is 4.39 Å². The first-order valence-corrected chi connectivity index (χ1v) is 9.80. The first kappa shape index (κ1) is 21.3. The second kappa shape index (κ2) is 9.87. The van der Waals surface area contributed by atoms with Gasteiger partial charge in [-0.1, -0.05) is 12.1 Å². The number of hydrogen-bond acceptors (Lipinski definition) is 4. The topological polar surface area (TPSA) is 76.4 Å². The molecule has 0 fully saturated rings. The molecule has 1 unspecified atom stereocenters. The molecule has 0 radical (unpaired) electrons. The van der Waals surface area contributed by atoms with Crippen molar-refractivity contribution in [3.05, 3.63) is 71.4 Å². The summed E-state index contributed by atoms with van der Waals surface area (Å²) < 4.78 is 20.8. The Hall–Kier alpha value is -3.42. The Morgan fingerprint density at radius 2 is 2.03 bits per heavy atom. The Bertz CT molecular complexity index is 999. The highest BCUT2D eigenvalue weighted by Gasteiger charge is 2.08. The van der Waals surface area contributed by atoms with Crippen molar-refractivity contribution >= 4 is 5.96 Å². The molecule has 8 heteroatoms. The minimum Gasteiger partial charge on any atom is -0.489 e. The first-order valence-electron chi connectivity index (χ1n) is 9.80. The van der Waals surface area contributed by atoms with Gasteiger partial charge in [0.25, 0.3) is 0 Å². The van der Waals surface area contributed by atoms with Crippen molar-refractivity contribution in [3.63, 3.8) is 0 Å². The number of rotatable bonds is 7. The Morgan fingerprint density at radius 1 is 1.20 bits per heavy atom. The average molecular weight is 410 g/mol. The van der Waals surface area contributed by atoms with E-state index in [1.165, 1.54) is 12.1 Å². The summed E-state index contributed by atoms with van der Waals surface area (Å²) in [7, 11) is 1.71. The van der Waals surface area contributed by atoms with Crippen molar-refractivity contribution in [1.82, 2.24) is 25.4 Å². The third kappa shape index (κ3) is 5.79. The van der Waals surface area contributed by atoms with Gasteiger partial charge in [-0.05, 0) is 50.6 Å². The van der Waals surface area contributed by atoms with Crippen LogP contribution in [0.3, 0.4) is 0 Å². The van der Waals surface area contributed by atoms with Gasteiger partial charge in [-0.25, -0.2) is 14.1 Å².